The van der Waals surface area contributed by atoms with E-state index >= 15 is 0 Å². The fraction of sp³-hybridized carbons (Fsp3) is 0. The first-order valence-corrected chi connectivity index (χ1v) is 18.9. The number of hydrogen-bond acceptors (Lipinski definition) is 3. The smallest absolute Gasteiger partial charge is 0.164 e. The summed E-state index contributed by atoms with van der Waals surface area (Å²) in [6, 6.07) is 74.8. The molecule has 0 radical (unpaired) electrons. The molecule has 262 valence electrons. The summed E-state index contributed by atoms with van der Waals surface area (Å²) in [5.74, 6) is 1.87. The Kier molecular flexibility index (Phi) is 8.51. The third-order valence-electron chi connectivity index (χ3n) is 10.5. The van der Waals surface area contributed by atoms with Gasteiger partial charge in [0.15, 0.2) is 17.5 Å². The van der Waals surface area contributed by atoms with E-state index in [4.69, 9.17) is 15.0 Å². The van der Waals surface area contributed by atoms with Gasteiger partial charge in [0.05, 0.1) is 0 Å². The summed E-state index contributed by atoms with van der Waals surface area (Å²) >= 11 is 0. The highest BCUT2D eigenvalue weighted by Crippen LogP contribution is 2.41. The van der Waals surface area contributed by atoms with Crippen molar-refractivity contribution in [2.45, 2.75) is 0 Å². The van der Waals surface area contributed by atoms with Crippen LogP contribution in [0.4, 0.5) is 0 Å². The molecule has 0 amide bonds. The second kappa shape index (κ2) is 14.4. The van der Waals surface area contributed by atoms with Crippen LogP contribution in [-0.4, -0.2) is 15.0 Å². The van der Waals surface area contributed by atoms with E-state index in [9.17, 15) is 0 Å². The van der Waals surface area contributed by atoms with E-state index in [1.807, 2.05) is 12.1 Å². The molecular formula is C53H35N3. The molecule has 1 heterocycles. The molecule has 0 spiro atoms. The van der Waals surface area contributed by atoms with Crippen LogP contribution in [0.3, 0.4) is 0 Å². The lowest BCUT2D eigenvalue weighted by atomic mass is 9.89. The molecule has 56 heavy (non-hydrogen) atoms. The minimum absolute atomic E-state index is 0.623. The molecule has 10 rings (SSSR count). The standard InChI is InChI=1S/C53H35N3/c1-4-13-36(14-5-1)39-23-26-41(27-24-39)51-54-52(47-32-30-44-33-43(28-29-45(44)35-47)37-15-6-2-7-16-37)56-53(55-51)49-22-12-21-48(40-18-8-3-9-19-40)50(49)46-31-25-38-17-10-11-20-42(38)34-46/h1-35H. The van der Waals surface area contributed by atoms with Crippen LogP contribution in [0.2, 0.25) is 0 Å². The molecule has 0 N–H and O–H groups in total. The van der Waals surface area contributed by atoms with Crippen molar-refractivity contribution in [3.8, 4) is 78.7 Å². The maximum Gasteiger partial charge on any atom is 0.164 e. The molecule has 0 saturated carbocycles. The van der Waals surface area contributed by atoms with Crippen LogP contribution in [0.5, 0.6) is 0 Å². The highest BCUT2D eigenvalue weighted by molar-refractivity contribution is 5.97. The Balaban J connectivity index is 1.17. The van der Waals surface area contributed by atoms with Crippen molar-refractivity contribution in [2.24, 2.45) is 0 Å². The van der Waals surface area contributed by atoms with Crippen molar-refractivity contribution in [1.82, 2.24) is 15.0 Å². The van der Waals surface area contributed by atoms with Gasteiger partial charge in [-0.15, -0.1) is 0 Å². The van der Waals surface area contributed by atoms with E-state index < -0.39 is 0 Å². The Morgan fingerprint density at radius 2 is 0.625 bits per heavy atom. The highest BCUT2D eigenvalue weighted by atomic mass is 15.0. The second-order valence-corrected chi connectivity index (χ2v) is 14.0. The Morgan fingerprint density at radius 3 is 1.32 bits per heavy atom. The van der Waals surface area contributed by atoms with Gasteiger partial charge in [0, 0.05) is 22.3 Å². The molecule has 0 saturated heterocycles. The van der Waals surface area contributed by atoms with Crippen LogP contribution in [-0.2, 0) is 0 Å². The van der Waals surface area contributed by atoms with E-state index in [-0.39, 0.29) is 0 Å². The summed E-state index contributed by atoms with van der Waals surface area (Å²) in [4.78, 5) is 15.7. The summed E-state index contributed by atoms with van der Waals surface area (Å²) in [7, 11) is 0. The van der Waals surface area contributed by atoms with Crippen LogP contribution in [0.15, 0.2) is 212 Å². The van der Waals surface area contributed by atoms with Crippen LogP contribution in [0.25, 0.3) is 100 Å². The first-order chi connectivity index (χ1) is 27.7. The Bertz CT molecular complexity index is 2990. The Morgan fingerprint density at radius 1 is 0.214 bits per heavy atom. The molecular weight excluding hydrogens is 679 g/mol. The minimum atomic E-state index is 0.623. The maximum atomic E-state index is 5.30. The predicted octanol–water partition coefficient (Wildman–Crippen LogP) is 13.8. The molecule has 10 aromatic rings. The summed E-state index contributed by atoms with van der Waals surface area (Å²) < 4.78 is 0. The molecule has 0 fully saturated rings. The van der Waals surface area contributed by atoms with Gasteiger partial charge in [-0.1, -0.05) is 194 Å². The van der Waals surface area contributed by atoms with Crippen molar-refractivity contribution in [3.05, 3.63) is 212 Å². The monoisotopic (exact) mass is 713 g/mol. The van der Waals surface area contributed by atoms with Crippen LogP contribution < -0.4 is 0 Å². The quantitative estimate of drug-likeness (QED) is 0.165. The zero-order chi connectivity index (χ0) is 37.3. The molecule has 9 aromatic carbocycles. The van der Waals surface area contributed by atoms with Crippen LogP contribution >= 0.6 is 0 Å². The largest absolute Gasteiger partial charge is 0.208 e. The summed E-state index contributed by atoms with van der Waals surface area (Å²) in [6.07, 6.45) is 0. The normalized spacial score (nSPS) is 11.2. The van der Waals surface area contributed by atoms with Crippen molar-refractivity contribution in [2.75, 3.05) is 0 Å². The van der Waals surface area contributed by atoms with Gasteiger partial charge in [0.2, 0.25) is 0 Å². The molecule has 0 aliphatic rings. The molecule has 3 nitrogen and oxygen atoms in total. The number of fused-ring (bicyclic) bond motifs is 2. The SMILES string of the molecule is c1ccc(-c2ccc(-c3nc(-c4ccc5cc(-c6ccccc6)ccc5c4)nc(-c4cccc(-c5ccccc5)c4-c4ccc5ccccc5c4)n3)cc2)cc1. The number of nitrogens with zero attached hydrogens (tertiary/aromatic N) is 3. The molecule has 0 unspecified atom stereocenters. The lowest BCUT2D eigenvalue weighted by Gasteiger charge is -2.17. The van der Waals surface area contributed by atoms with Crippen molar-refractivity contribution < 1.29 is 0 Å². The third-order valence-corrected chi connectivity index (χ3v) is 10.5. The third kappa shape index (κ3) is 6.42. The van der Waals surface area contributed by atoms with Gasteiger partial charge in [0.25, 0.3) is 0 Å². The summed E-state index contributed by atoms with van der Waals surface area (Å²) in [5.41, 5.74) is 11.9. The number of rotatable bonds is 7. The predicted molar refractivity (Wildman–Crippen MR) is 233 cm³/mol. The highest BCUT2D eigenvalue weighted by Gasteiger charge is 2.20. The molecule has 0 bridgehead atoms. The average Bonchev–Trinajstić information content (AvgIpc) is 3.29. The summed E-state index contributed by atoms with van der Waals surface area (Å²) in [6.45, 7) is 0. The van der Waals surface area contributed by atoms with Gasteiger partial charge < -0.3 is 0 Å². The van der Waals surface area contributed by atoms with Gasteiger partial charge >= 0.3 is 0 Å². The average molecular weight is 714 g/mol. The number of aromatic nitrogens is 3. The fourth-order valence-electron chi connectivity index (χ4n) is 7.64. The number of hydrogen-bond donors (Lipinski definition) is 0. The first kappa shape index (κ1) is 33.1. The molecule has 1 aromatic heterocycles. The lowest BCUT2D eigenvalue weighted by Crippen LogP contribution is -2.02. The second-order valence-electron chi connectivity index (χ2n) is 14.0. The number of benzene rings is 9. The topological polar surface area (TPSA) is 38.7 Å². The van der Waals surface area contributed by atoms with E-state index in [0.717, 1.165) is 55.3 Å². The zero-order valence-electron chi connectivity index (χ0n) is 30.5. The molecule has 0 aliphatic carbocycles. The lowest BCUT2D eigenvalue weighted by molar-refractivity contribution is 1.07. The van der Waals surface area contributed by atoms with Gasteiger partial charge in [0.1, 0.15) is 0 Å². The van der Waals surface area contributed by atoms with Gasteiger partial charge in [-0.2, -0.15) is 0 Å². The van der Waals surface area contributed by atoms with Gasteiger partial charge in [-0.3, -0.25) is 0 Å². The Labute approximate surface area is 326 Å². The van der Waals surface area contributed by atoms with Crippen molar-refractivity contribution >= 4 is 21.5 Å². The Hall–Kier alpha value is -7.49. The van der Waals surface area contributed by atoms with Crippen LogP contribution in [0, 0.1) is 0 Å². The van der Waals surface area contributed by atoms with E-state index in [1.54, 1.807) is 0 Å². The summed E-state index contributed by atoms with van der Waals surface area (Å²) in [5, 5.41) is 4.67. The van der Waals surface area contributed by atoms with E-state index in [1.165, 1.54) is 27.5 Å². The minimum Gasteiger partial charge on any atom is -0.208 e. The fourth-order valence-corrected chi connectivity index (χ4v) is 7.64. The molecule has 0 atom stereocenters. The van der Waals surface area contributed by atoms with Gasteiger partial charge in [-0.25, -0.2) is 15.0 Å². The van der Waals surface area contributed by atoms with Gasteiger partial charge in [-0.05, 0) is 78.7 Å². The van der Waals surface area contributed by atoms with Crippen molar-refractivity contribution in [1.29, 1.82) is 0 Å². The molecule has 3 heteroatoms. The van der Waals surface area contributed by atoms with E-state index in [2.05, 4.69) is 200 Å². The van der Waals surface area contributed by atoms with E-state index in [0.29, 0.717) is 17.5 Å². The first-order valence-electron chi connectivity index (χ1n) is 18.9. The maximum absolute atomic E-state index is 5.30. The zero-order valence-corrected chi connectivity index (χ0v) is 30.5. The molecule has 0 aliphatic heterocycles. The van der Waals surface area contributed by atoms with Crippen molar-refractivity contribution in [3.63, 3.8) is 0 Å². The van der Waals surface area contributed by atoms with Crippen LogP contribution in [0.1, 0.15) is 0 Å².